The van der Waals surface area contributed by atoms with Gasteiger partial charge in [-0.3, -0.25) is 4.79 Å². The van der Waals surface area contributed by atoms with Gasteiger partial charge in [0.1, 0.15) is 5.75 Å². The molecule has 1 unspecified atom stereocenters. The lowest BCUT2D eigenvalue weighted by Gasteiger charge is -2.42. The minimum absolute atomic E-state index is 0.0392. The second kappa shape index (κ2) is 11.9. The smallest absolute Gasteiger partial charge is 0.243 e. The van der Waals surface area contributed by atoms with Crippen LogP contribution in [0.25, 0.3) is 0 Å². The second-order valence-corrected chi connectivity index (χ2v) is 12.4. The number of ether oxygens (including phenoxy) is 1. The zero-order valence-electron chi connectivity index (χ0n) is 20.6. The summed E-state index contributed by atoms with van der Waals surface area (Å²) in [5, 5.41) is 0.499. The molecule has 0 N–H and O–H groups in total. The maximum atomic E-state index is 13.6. The maximum absolute atomic E-state index is 13.6. The minimum Gasteiger partial charge on any atom is -0.493 e. The van der Waals surface area contributed by atoms with Crippen LogP contribution in [0, 0.1) is 5.41 Å². The highest BCUT2D eigenvalue weighted by molar-refractivity contribution is 7.89. The largest absolute Gasteiger partial charge is 0.493 e. The Hall–Kier alpha value is -2.58. The molecule has 0 aliphatic carbocycles. The van der Waals surface area contributed by atoms with Gasteiger partial charge in [-0.2, -0.15) is 4.31 Å². The number of piperidine rings is 1. The van der Waals surface area contributed by atoms with Gasteiger partial charge in [0.25, 0.3) is 0 Å². The van der Waals surface area contributed by atoms with Crippen LogP contribution in [0.5, 0.6) is 5.75 Å². The first-order valence-electron chi connectivity index (χ1n) is 12.1. The van der Waals surface area contributed by atoms with E-state index in [2.05, 4.69) is 0 Å². The fourth-order valence-electron chi connectivity index (χ4n) is 4.66. The van der Waals surface area contributed by atoms with Gasteiger partial charge in [0.15, 0.2) is 0 Å². The fraction of sp³-hybridized carbons (Fsp3) is 0.321. The van der Waals surface area contributed by atoms with E-state index in [1.165, 1.54) is 22.5 Å². The van der Waals surface area contributed by atoms with Crippen molar-refractivity contribution in [2.45, 2.75) is 30.7 Å². The lowest BCUT2D eigenvalue weighted by Crippen LogP contribution is -2.50. The van der Waals surface area contributed by atoms with Crippen molar-refractivity contribution in [3.8, 4) is 5.75 Å². The number of benzene rings is 3. The van der Waals surface area contributed by atoms with Gasteiger partial charge in [-0.05, 0) is 48.7 Å². The number of hydrogen-bond acceptors (Lipinski definition) is 4. The van der Waals surface area contributed by atoms with Crippen LogP contribution < -0.4 is 4.74 Å². The SMILES string of the molecule is CN(Cc1ccccc1)C(=O)CC1(COc2ccccc2)CCCN(S(=O)(=O)c2cc(Cl)cc(Cl)c2)C1. The van der Waals surface area contributed by atoms with Gasteiger partial charge in [0.2, 0.25) is 15.9 Å². The zero-order valence-corrected chi connectivity index (χ0v) is 23.0. The Morgan fingerprint density at radius 1 is 1.00 bits per heavy atom. The molecule has 1 aliphatic rings. The highest BCUT2D eigenvalue weighted by Crippen LogP contribution is 2.38. The van der Waals surface area contributed by atoms with Crippen LogP contribution in [-0.2, 0) is 21.4 Å². The molecule has 3 aromatic rings. The number of sulfonamides is 1. The molecular weight excluding hydrogens is 531 g/mol. The van der Waals surface area contributed by atoms with E-state index in [4.69, 9.17) is 27.9 Å². The van der Waals surface area contributed by atoms with E-state index in [1.807, 2.05) is 60.7 Å². The lowest BCUT2D eigenvalue weighted by atomic mass is 9.78. The van der Waals surface area contributed by atoms with Crippen molar-refractivity contribution in [1.82, 2.24) is 9.21 Å². The summed E-state index contributed by atoms with van der Waals surface area (Å²) in [6.45, 7) is 1.17. The predicted molar refractivity (Wildman–Crippen MR) is 146 cm³/mol. The van der Waals surface area contributed by atoms with E-state index in [1.54, 1.807) is 11.9 Å². The van der Waals surface area contributed by atoms with E-state index in [0.717, 1.165) is 5.56 Å². The molecule has 6 nitrogen and oxygen atoms in total. The molecule has 9 heteroatoms. The van der Waals surface area contributed by atoms with Crippen molar-refractivity contribution in [2.24, 2.45) is 5.41 Å². The Balaban J connectivity index is 1.58. The Morgan fingerprint density at radius 3 is 2.27 bits per heavy atom. The van der Waals surface area contributed by atoms with Crippen LogP contribution in [0.15, 0.2) is 83.8 Å². The number of halogens is 2. The summed E-state index contributed by atoms with van der Waals surface area (Å²) >= 11 is 12.2. The molecule has 1 fully saturated rings. The van der Waals surface area contributed by atoms with Crippen LogP contribution in [0.4, 0.5) is 0 Å². The number of carbonyl (C=O) groups excluding carboxylic acids is 1. The molecular formula is C28H30Cl2N2O4S. The van der Waals surface area contributed by atoms with Crippen molar-refractivity contribution < 1.29 is 17.9 Å². The number of hydrogen-bond donors (Lipinski definition) is 0. The van der Waals surface area contributed by atoms with Crippen LogP contribution in [0.3, 0.4) is 0 Å². The molecule has 0 saturated carbocycles. The van der Waals surface area contributed by atoms with Crippen molar-refractivity contribution in [3.63, 3.8) is 0 Å². The second-order valence-electron chi connectivity index (χ2n) is 9.56. The van der Waals surface area contributed by atoms with Gasteiger partial charge in [0, 0.05) is 48.6 Å². The summed E-state index contributed by atoms with van der Waals surface area (Å²) in [6, 6.07) is 23.4. The summed E-state index contributed by atoms with van der Waals surface area (Å²) in [5.74, 6) is 0.610. The van der Waals surface area contributed by atoms with Crippen molar-refractivity contribution >= 4 is 39.1 Å². The maximum Gasteiger partial charge on any atom is 0.243 e. The Morgan fingerprint density at radius 2 is 1.62 bits per heavy atom. The first kappa shape index (κ1) is 27.5. The normalized spacial score (nSPS) is 18.4. The van der Waals surface area contributed by atoms with E-state index >= 15 is 0 Å². The molecule has 1 aliphatic heterocycles. The molecule has 1 amide bonds. The van der Waals surface area contributed by atoms with E-state index in [9.17, 15) is 13.2 Å². The van der Waals surface area contributed by atoms with E-state index in [-0.39, 0.29) is 40.4 Å². The number of nitrogens with zero attached hydrogens (tertiary/aromatic N) is 2. The number of amides is 1. The third-order valence-electron chi connectivity index (χ3n) is 6.60. The van der Waals surface area contributed by atoms with E-state index in [0.29, 0.717) is 31.7 Å². The van der Waals surface area contributed by atoms with Gasteiger partial charge in [-0.15, -0.1) is 0 Å². The summed E-state index contributed by atoms with van der Waals surface area (Å²) in [7, 11) is -2.11. The molecule has 1 saturated heterocycles. The van der Waals surface area contributed by atoms with Crippen LogP contribution in [-0.4, -0.2) is 50.3 Å². The van der Waals surface area contributed by atoms with Crippen molar-refractivity contribution in [1.29, 1.82) is 0 Å². The third kappa shape index (κ3) is 7.05. The summed E-state index contributed by atoms with van der Waals surface area (Å²) < 4.78 is 34.7. The summed E-state index contributed by atoms with van der Waals surface area (Å²) in [4.78, 5) is 15.1. The molecule has 0 radical (unpaired) electrons. The standard InChI is InChI=1S/C28H30Cl2N2O4S/c1-31(19-22-9-4-2-5-10-22)27(33)18-28(21-36-25-11-6-3-7-12-25)13-8-14-32(20-28)37(34,35)26-16-23(29)15-24(30)17-26/h2-7,9-12,15-17H,8,13-14,18-21H2,1H3. The molecule has 3 aromatic carbocycles. The molecule has 0 bridgehead atoms. The van der Waals surface area contributed by atoms with Crippen molar-refractivity contribution in [3.05, 3.63) is 94.5 Å². The Bertz CT molecular complexity index is 1300. The van der Waals surface area contributed by atoms with Gasteiger partial charge in [-0.1, -0.05) is 71.7 Å². The third-order valence-corrected chi connectivity index (χ3v) is 8.86. The monoisotopic (exact) mass is 560 g/mol. The van der Waals surface area contributed by atoms with Crippen LogP contribution in [0.2, 0.25) is 10.0 Å². The molecule has 196 valence electrons. The fourth-order valence-corrected chi connectivity index (χ4v) is 6.98. The molecule has 4 rings (SSSR count). The number of rotatable bonds is 9. The molecule has 0 spiro atoms. The minimum atomic E-state index is -3.88. The Kier molecular flexibility index (Phi) is 8.80. The van der Waals surface area contributed by atoms with Crippen LogP contribution in [0.1, 0.15) is 24.8 Å². The molecule has 0 aromatic heterocycles. The quantitative estimate of drug-likeness (QED) is 0.327. The summed E-state index contributed by atoms with van der Waals surface area (Å²) in [5.41, 5.74) is 0.324. The van der Waals surface area contributed by atoms with Gasteiger partial charge in [0.05, 0.1) is 11.5 Å². The van der Waals surface area contributed by atoms with Gasteiger partial charge in [-0.25, -0.2) is 8.42 Å². The Labute approximate surface area is 228 Å². The predicted octanol–water partition coefficient (Wildman–Crippen LogP) is 5.89. The zero-order chi connectivity index (χ0) is 26.5. The van der Waals surface area contributed by atoms with E-state index < -0.39 is 15.4 Å². The lowest BCUT2D eigenvalue weighted by molar-refractivity contribution is -0.134. The van der Waals surface area contributed by atoms with Gasteiger partial charge >= 0.3 is 0 Å². The highest BCUT2D eigenvalue weighted by Gasteiger charge is 2.43. The highest BCUT2D eigenvalue weighted by atomic mass is 35.5. The average Bonchev–Trinajstić information content (AvgIpc) is 2.88. The summed E-state index contributed by atoms with van der Waals surface area (Å²) in [6.07, 6.45) is 1.42. The average molecular weight is 562 g/mol. The number of carbonyl (C=O) groups is 1. The topological polar surface area (TPSA) is 66.9 Å². The first-order chi connectivity index (χ1) is 17.7. The molecule has 37 heavy (non-hydrogen) atoms. The van der Waals surface area contributed by atoms with Crippen LogP contribution >= 0.6 is 23.2 Å². The van der Waals surface area contributed by atoms with Crippen molar-refractivity contribution in [2.75, 3.05) is 26.7 Å². The molecule has 1 heterocycles. The molecule has 1 atom stereocenters. The number of para-hydroxylation sites is 1. The first-order valence-corrected chi connectivity index (χ1v) is 14.3. The van der Waals surface area contributed by atoms with Gasteiger partial charge < -0.3 is 9.64 Å².